The number of aliphatic hydroxyl groups is 2. The van der Waals surface area contributed by atoms with Crippen LogP contribution in [0.1, 0.15) is 70.0 Å². The largest absolute Gasteiger partial charge is 0.507 e. The number of methoxy groups -OCH3 is 1. The smallest absolute Gasteiger partial charge is 0.312 e. The molecule has 0 aromatic heterocycles. The zero-order chi connectivity index (χ0) is 42.8. The molecule has 5 N–H and O–H groups in total. The number of likely N-dealkylation sites (N-methyl/N-ethyl adjacent to an activating group) is 1. The number of aromatic hydroxyl groups is 2. The Labute approximate surface area is 339 Å². The number of rotatable bonds is 4. The van der Waals surface area contributed by atoms with Crippen molar-refractivity contribution in [2.24, 2.45) is 28.8 Å². The minimum Gasteiger partial charge on any atom is -0.507 e. The van der Waals surface area contributed by atoms with Gasteiger partial charge in [0.1, 0.15) is 23.4 Å². The second kappa shape index (κ2) is 17.9. The summed E-state index contributed by atoms with van der Waals surface area (Å²) in [7, 11) is 3.47. The molecule has 0 radical (unpaired) electrons. The monoisotopic (exact) mass is 805 g/mol. The lowest BCUT2D eigenvalue weighted by molar-refractivity contribution is -0.160. The molecule has 4 heterocycles. The van der Waals surface area contributed by atoms with Gasteiger partial charge in [0.2, 0.25) is 0 Å². The van der Waals surface area contributed by atoms with Crippen LogP contribution in [-0.4, -0.2) is 125 Å². The summed E-state index contributed by atoms with van der Waals surface area (Å²) in [5.41, 5.74) is 0.694. The SMILES string of the molecule is CO[C@H]1/C=C/O[C@@]2(C)Oc3c(C)c(O)c4cc(c(/C=N/N5CCN([11CH3])CC5)c(O)c4c3C2=O)NC(=O)/C(C)=C\C=C\C(C)[C@H](O)[C@@H](C)[C@@H](O)[C@@H](C)[C@H](OC(C)=O)[C@@H]1C. The quantitative estimate of drug-likeness (QED) is 0.212. The summed E-state index contributed by atoms with van der Waals surface area (Å²) >= 11 is 0. The number of anilines is 1. The molecule has 1 saturated heterocycles. The highest BCUT2D eigenvalue weighted by Gasteiger charge is 2.49. The maximum atomic E-state index is 14.4. The summed E-state index contributed by atoms with van der Waals surface area (Å²) in [6.07, 6.45) is 5.37. The van der Waals surface area contributed by atoms with Crippen molar-refractivity contribution in [2.45, 2.75) is 85.6 Å². The average Bonchev–Trinajstić information content (AvgIpc) is 3.45. The number of nitrogens with one attached hydrogen (secondary N) is 1. The van der Waals surface area contributed by atoms with Crippen molar-refractivity contribution in [2.75, 3.05) is 45.7 Å². The Bertz CT molecular complexity index is 2020. The second-order valence-corrected chi connectivity index (χ2v) is 16.0. The number of esters is 1. The molecule has 316 valence electrons. The number of aliphatic hydroxyl groups excluding tert-OH is 2. The van der Waals surface area contributed by atoms with Gasteiger partial charge in [-0.1, -0.05) is 45.9 Å². The van der Waals surface area contributed by atoms with E-state index < -0.39 is 77.3 Å². The zero-order valence-electron chi connectivity index (χ0n) is 35.0. The number of carbonyl (C=O) groups excluding carboxylic acids is 3. The van der Waals surface area contributed by atoms with Gasteiger partial charge in [-0.05, 0) is 33.0 Å². The standard InChI is InChI=1S/C43H58N4O11/c1-22-12-11-13-23(2)42(54)45-31-20-29-33(38(52)30(31)21-44-47-17-15-46(9)16-18-47)34-40(27(6)37(29)51)58-43(8,41(34)53)56-19-14-32(55-10)24(3)39(57-28(7)48)26(5)36(50)25(4)35(22)49/h11-14,19-22,24-26,32,35-36,39,49-52H,15-18H2,1-10H3,(H,45,54)/b12-11+,19-14+,23-13-,44-21+/t22?,24-,25-,26-,32+,35+,36-,39-,43+/m1/s1/i9-1. The molecule has 5 bridgehead atoms. The maximum Gasteiger partial charge on any atom is 0.312 e. The van der Waals surface area contributed by atoms with Gasteiger partial charge in [-0.15, -0.1) is 0 Å². The lowest BCUT2D eigenvalue weighted by atomic mass is 9.78. The summed E-state index contributed by atoms with van der Waals surface area (Å²) in [6, 6.07) is 1.49. The van der Waals surface area contributed by atoms with E-state index in [1.54, 1.807) is 59.8 Å². The number of hydrogen-bond donors (Lipinski definition) is 5. The molecule has 58 heavy (non-hydrogen) atoms. The number of ether oxygens (including phenoxy) is 4. The van der Waals surface area contributed by atoms with Crippen molar-refractivity contribution < 1.29 is 53.8 Å². The van der Waals surface area contributed by atoms with Crippen LogP contribution in [0.4, 0.5) is 5.69 Å². The van der Waals surface area contributed by atoms with Crippen molar-refractivity contribution in [1.29, 1.82) is 0 Å². The lowest BCUT2D eigenvalue weighted by Gasteiger charge is -2.38. The summed E-state index contributed by atoms with van der Waals surface area (Å²) in [5.74, 6) is -6.73. The van der Waals surface area contributed by atoms with Crippen LogP contribution in [-0.2, 0) is 23.8 Å². The molecule has 2 aromatic rings. The first-order chi connectivity index (χ1) is 27.3. The van der Waals surface area contributed by atoms with Crippen LogP contribution in [0.5, 0.6) is 17.2 Å². The number of benzene rings is 2. The van der Waals surface area contributed by atoms with Gasteiger partial charge >= 0.3 is 11.8 Å². The van der Waals surface area contributed by atoms with E-state index in [9.17, 15) is 34.8 Å². The predicted octanol–water partition coefficient (Wildman–Crippen LogP) is 4.63. The first-order valence-corrected chi connectivity index (χ1v) is 19.6. The van der Waals surface area contributed by atoms with Gasteiger partial charge in [-0.25, -0.2) is 0 Å². The number of hydrogen-bond acceptors (Lipinski definition) is 14. The Morgan fingerprint density at radius 3 is 2.31 bits per heavy atom. The number of nitrogens with zero attached hydrogens (tertiary/aromatic N) is 3. The molecular weight excluding hydrogens is 747 g/mol. The van der Waals surface area contributed by atoms with Gasteiger partial charge in [0.15, 0.2) is 0 Å². The van der Waals surface area contributed by atoms with E-state index in [4.69, 9.17) is 18.9 Å². The molecule has 4 aliphatic rings. The minimum atomic E-state index is -1.95. The maximum absolute atomic E-state index is 14.4. The van der Waals surface area contributed by atoms with Gasteiger partial charge in [-0.2, -0.15) is 5.10 Å². The van der Waals surface area contributed by atoms with E-state index in [2.05, 4.69) is 15.3 Å². The van der Waals surface area contributed by atoms with Gasteiger partial charge in [-0.3, -0.25) is 19.4 Å². The Morgan fingerprint density at radius 2 is 1.67 bits per heavy atom. The van der Waals surface area contributed by atoms with Crippen LogP contribution in [0.25, 0.3) is 10.8 Å². The van der Waals surface area contributed by atoms with E-state index >= 15 is 0 Å². The summed E-state index contributed by atoms with van der Waals surface area (Å²) in [5, 5.41) is 55.9. The molecule has 6 rings (SSSR count). The normalized spacial score (nSPS) is 32.4. The number of allylic oxidation sites excluding steroid dienone is 2. The first-order valence-electron chi connectivity index (χ1n) is 19.6. The van der Waals surface area contributed by atoms with Gasteiger partial charge in [0.25, 0.3) is 11.7 Å². The topological polar surface area (TPSA) is 200 Å². The molecule has 0 aliphatic carbocycles. The molecule has 15 nitrogen and oxygen atoms in total. The Kier molecular flexibility index (Phi) is 13.6. The Hall–Kier alpha value is -4.96. The first kappa shape index (κ1) is 44.1. The number of phenols is 2. The fourth-order valence-corrected chi connectivity index (χ4v) is 7.84. The number of Topliss-reactive ketones (excluding diaryl/α,β-unsaturated/α-hetero) is 1. The number of hydrazone groups is 1. The number of fused-ring (bicyclic) bond motifs is 14. The van der Waals surface area contributed by atoms with E-state index in [0.717, 1.165) is 13.1 Å². The summed E-state index contributed by atoms with van der Waals surface area (Å²) < 4.78 is 23.7. The third-order valence-electron chi connectivity index (χ3n) is 11.7. The van der Waals surface area contributed by atoms with Crippen molar-refractivity contribution in [3.63, 3.8) is 0 Å². The predicted molar refractivity (Wildman–Crippen MR) is 219 cm³/mol. The van der Waals surface area contributed by atoms with Crippen LogP contribution in [0, 0.1) is 30.6 Å². The third-order valence-corrected chi connectivity index (χ3v) is 11.7. The van der Waals surface area contributed by atoms with Crippen molar-refractivity contribution in [1.82, 2.24) is 9.91 Å². The lowest BCUT2D eigenvalue weighted by Crippen LogP contribution is -2.46. The van der Waals surface area contributed by atoms with Gasteiger partial charge in [0.05, 0.1) is 47.6 Å². The van der Waals surface area contributed by atoms with Crippen LogP contribution in [0.2, 0.25) is 0 Å². The number of carbonyl (C=O) groups is 3. The number of phenolic OH excluding ortho intramolecular Hbond substituents is 2. The molecule has 9 atom stereocenters. The second-order valence-electron chi connectivity index (χ2n) is 16.0. The van der Waals surface area contributed by atoms with Crippen molar-refractivity contribution in [3.8, 4) is 17.2 Å². The van der Waals surface area contributed by atoms with Crippen LogP contribution < -0.4 is 10.1 Å². The van der Waals surface area contributed by atoms with E-state index in [0.29, 0.717) is 13.1 Å². The highest BCUT2D eigenvalue weighted by atomic mass is 16.7. The fraction of sp³-hybridized carbons (Fsp3) is 0.535. The van der Waals surface area contributed by atoms with E-state index in [1.165, 1.54) is 45.6 Å². The highest BCUT2D eigenvalue weighted by Crippen LogP contribution is 2.51. The number of ketones is 1. The molecule has 0 spiro atoms. The van der Waals surface area contributed by atoms with Crippen molar-refractivity contribution in [3.05, 3.63) is 58.9 Å². The van der Waals surface area contributed by atoms with E-state index in [1.807, 2.05) is 12.1 Å². The van der Waals surface area contributed by atoms with Crippen LogP contribution in [0.3, 0.4) is 0 Å². The molecule has 0 saturated carbocycles. The summed E-state index contributed by atoms with van der Waals surface area (Å²) in [4.78, 5) is 42.6. The number of piperazine rings is 1. The molecular formula is C43H58N4O11. The summed E-state index contributed by atoms with van der Waals surface area (Å²) in [6.45, 7) is 15.6. The average molecular weight is 806 g/mol. The highest BCUT2D eigenvalue weighted by molar-refractivity contribution is 6.21. The van der Waals surface area contributed by atoms with Crippen molar-refractivity contribution >= 4 is 40.3 Å². The Morgan fingerprint density at radius 1 is 1.00 bits per heavy atom. The fourth-order valence-electron chi connectivity index (χ4n) is 7.84. The van der Waals surface area contributed by atoms with Crippen LogP contribution >= 0.6 is 0 Å². The van der Waals surface area contributed by atoms with Gasteiger partial charge in [0, 0.05) is 92.7 Å². The molecule has 2 aromatic carbocycles. The van der Waals surface area contributed by atoms with Gasteiger partial charge < -0.3 is 49.6 Å². The molecule has 4 aliphatic heterocycles. The molecule has 15 heteroatoms. The molecule has 1 amide bonds. The number of amides is 1. The molecule has 1 fully saturated rings. The van der Waals surface area contributed by atoms with E-state index in [-0.39, 0.29) is 50.2 Å². The third kappa shape index (κ3) is 8.87. The zero-order valence-corrected chi connectivity index (χ0v) is 35.0. The van der Waals surface area contributed by atoms with Crippen LogP contribution in [0.15, 0.2) is 47.3 Å². The Balaban J connectivity index is 1.67. The molecule has 1 unspecified atom stereocenters. The minimum absolute atomic E-state index is 0.0101.